The average molecular weight is 371 g/mol. The van der Waals surface area contributed by atoms with E-state index in [2.05, 4.69) is 0 Å². The van der Waals surface area contributed by atoms with E-state index < -0.39 is 34.7 Å². The Bertz CT molecular complexity index is 719. The molecule has 7 nitrogen and oxygen atoms in total. The molecule has 1 aromatic carbocycles. The van der Waals surface area contributed by atoms with Crippen molar-refractivity contribution in [1.29, 1.82) is 0 Å². The van der Waals surface area contributed by atoms with Crippen molar-refractivity contribution in [3.8, 4) is 0 Å². The summed E-state index contributed by atoms with van der Waals surface area (Å²) in [5, 5.41) is 0.929. The average Bonchev–Trinajstić information content (AvgIpc) is 2.77. The molecule has 1 aliphatic rings. The molecule has 1 fully saturated rings. The largest absolute Gasteiger partial charge is 0.612 e. The summed E-state index contributed by atoms with van der Waals surface area (Å²) in [6.45, 7) is 2.98. The van der Waals surface area contributed by atoms with E-state index in [9.17, 15) is 18.5 Å². The summed E-state index contributed by atoms with van der Waals surface area (Å²) in [5.74, 6) is -3.35. The number of carbonyl (C=O) groups is 2. The Morgan fingerprint density at radius 3 is 2.64 bits per heavy atom. The van der Waals surface area contributed by atoms with Gasteiger partial charge < -0.3 is 14.0 Å². The van der Waals surface area contributed by atoms with E-state index in [1.807, 2.05) is 0 Å². The summed E-state index contributed by atoms with van der Waals surface area (Å²) in [4.78, 5) is 29.3. The predicted octanol–water partition coefficient (Wildman–Crippen LogP) is 1.65. The summed E-state index contributed by atoms with van der Waals surface area (Å²) in [6, 6.07) is 3.76. The molecule has 1 unspecified atom stereocenters. The Balaban J connectivity index is 2.21. The van der Waals surface area contributed by atoms with Gasteiger partial charge in [0.25, 0.3) is 5.91 Å². The van der Waals surface area contributed by atoms with Gasteiger partial charge in [-0.15, -0.1) is 0 Å². The molecule has 0 aromatic heterocycles. The van der Waals surface area contributed by atoms with Gasteiger partial charge in [0.15, 0.2) is 4.90 Å². The zero-order chi connectivity index (χ0) is 18.8. The summed E-state index contributed by atoms with van der Waals surface area (Å²) in [5.41, 5.74) is 0.450. The molecule has 1 aromatic rings. The first-order chi connectivity index (χ1) is 11.6. The van der Waals surface area contributed by atoms with Gasteiger partial charge in [0.2, 0.25) is 11.5 Å². The minimum atomic E-state index is -1.45. The van der Waals surface area contributed by atoms with Crippen LogP contribution in [-0.2, 0) is 41.6 Å². The third-order valence-corrected chi connectivity index (χ3v) is 4.27. The first-order valence-corrected chi connectivity index (χ1v) is 8.80. The molecule has 0 bridgehead atoms. The van der Waals surface area contributed by atoms with Gasteiger partial charge in [-0.1, -0.05) is 0 Å². The minimum absolute atomic E-state index is 0.0905. The van der Waals surface area contributed by atoms with E-state index in [1.165, 1.54) is 39.3 Å². The number of cyclic esters (lactones) is 1. The molecule has 0 spiro atoms. The monoisotopic (exact) mass is 371 g/mol. The number of hydroxylamine groups is 2. The molecular formula is C16H18FNO6S. The van der Waals surface area contributed by atoms with Crippen LogP contribution in [0.1, 0.15) is 19.4 Å². The van der Waals surface area contributed by atoms with Gasteiger partial charge in [0.05, 0.1) is 19.7 Å². The van der Waals surface area contributed by atoms with Crippen molar-refractivity contribution < 1.29 is 32.8 Å². The maximum atomic E-state index is 13.3. The lowest BCUT2D eigenvalue weighted by atomic mass is 10.2. The van der Waals surface area contributed by atoms with Crippen molar-refractivity contribution in [2.45, 2.75) is 31.1 Å². The number of nitrogens with zero attached hydrogens (tertiary/aromatic N) is 1. The highest BCUT2D eigenvalue weighted by Crippen LogP contribution is 2.26. The number of benzene rings is 1. The number of halogens is 1. The zero-order valence-corrected chi connectivity index (χ0v) is 15.0. The van der Waals surface area contributed by atoms with Crippen LogP contribution in [0.4, 0.5) is 4.39 Å². The molecule has 9 heteroatoms. The quantitative estimate of drug-likeness (QED) is 0.338. The van der Waals surface area contributed by atoms with Gasteiger partial charge in [-0.05, 0) is 23.3 Å². The topological polar surface area (TPSA) is 88.1 Å². The second-order valence-corrected chi connectivity index (χ2v) is 7.01. The number of ether oxygens (including phenoxy) is 2. The maximum absolute atomic E-state index is 13.3. The normalized spacial score (nSPS) is 18.6. The smallest absolute Gasteiger partial charge is 0.377 e. The molecule has 1 saturated heterocycles. The summed E-state index contributed by atoms with van der Waals surface area (Å²) in [7, 11) is 1.26. The second-order valence-electron chi connectivity index (χ2n) is 5.66. The lowest BCUT2D eigenvalue weighted by molar-refractivity contribution is -0.173. The molecule has 25 heavy (non-hydrogen) atoms. The highest BCUT2D eigenvalue weighted by molar-refractivity contribution is 7.90. The number of hydrogen-bond donors (Lipinski definition) is 0. The maximum Gasteiger partial charge on any atom is 0.377 e. The molecule has 0 N–H and O–H groups in total. The molecule has 1 aliphatic heterocycles. The van der Waals surface area contributed by atoms with Crippen LogP contribution in [0.25, 0.3) is 0 Å². The number of amides is 1. The van der Waals surface area contributed by atoms with Crippen LogP contribution in [0.5, 0.6) is 0 Å². The SMILES string of the molecule is CON(Cc1ccc(F)cc1[S+](C)[O-])C(=O)/C=C1\OC(C)(C)OC1=O. The molecule has 0 aliphatic carbocycles. The predicted molar refractivity (Wildman–Crippen MR) is 85.6 cm³/mol. The zero-order valence-electron chi connectivity index (χ0n) is 14.2. The minimum Gasteiger partial charge on any atom is -0.612 e. The molecular weight excluding hydrogens is 353 g/mol. The van der Waals surface area contributed by atoms with Crippen LogP contribution in [0.15, 0.2) is 34.9 Å². The summed E-state index contributed by atoms with van der Waals surface area (Å²) < 4.78 is 35.3. The van der Waals surface area contributed by atoms with Crippen LogP contribution in [0, 0.1) is 5.82 Å². The fourth-order valence-electron chi connectivity index (χ4n) is 2.19. The van der Waals surface area contributed by atoms with E-state index in [0.29, 0.717) is 5.56 Å². The van der Waals surface area contributed by atoms with Gasteiger partial charge >= 0.3 is 5.97 Å². The Morgan fingerprint density at radius 1 is 1.44 bits per heavy atom. The highest BCUT2D eigenvalue weighted by atomic mass is 32.2. The summed E-state index contributed by atoms with van der Waals surface area (Å²) in [6.07, 6.45) is 2.36. The van der Waals surface area contributed by atoms with Gasteiger partial charge in [0.1, 0.15) is 12.1 Å². The van der Waals surface area contributed by atoms with Crippen LogP contribution in [-0.4, -0.2) is 40.6 Å². The van der Waals surface area contributed by atoms with Crippen LogP contribution >= 0.6 is 0 Å². The molecule has 0 saturated carbocycles. The number of carbonyl (C=O) groups excluding carboxylic acids is 2. The molecule has 0 radical (unpaired) electrons. The Hall–Kier alpha value is -2.10. The molecule has 1 heterocycles. The third kappa shape index (κ3) is 4.71. The third-order valence-electron chi connectivity index (χ3n) is 3.27. The summed E-state index contributed by atoms with van der Waals surface area (Å²) >= 11 is -1.45. The fraction of sp³-hybridized carbons (Fsp3) is 0.375. The van der Waals surface area contributed by atoms with Gasteiger partial charge in [-0.25, -0.2) is 14.2 Å². The van der Waals surface area contributed by atoms with Gasteiger partial charge in [-0.3, -0.25) is 9.63 Å². The Morgan fingerprint density at radius 2 is 2.12 bits per heavy atom. The van der Waals surface area contributed by atoms with Gasteiger partial charge in [-0.2, -0.15) is 0 Å². The van der Waals surface area contributed by atoms with Crippen molar-refractivity contribution in [1.82, 2.24) is 5.06 Å². The second kappa shape index (κ2) is 7.42. The van der Waals surface area contributed by atoms with E-state index in [1.54, 1.807) is 0 Å². The molecule has 2 rings (SSSR count). The standard InChI is InChI=1S/C16H18FNO6S/c1-16(2)23-12(15(20)24-16)8-14(19)18(22-3)9-10-5-6-11(17)7-13(10)25(4)21/h5-8H,9H2,1-4H3/b12-8-. The number of rotatable bonds is 5. The van der Waals surface area contributed by atoms with Crippen molar-refractivity contribution in [2.24, 2.45) is 0 Å². The van der Waals surface area contributed by atoms with Crippen molar-refractivity contribution in [3.63, 3.8) is 0 Å². The van der Waals surface area contributed by atoms with Gasteiger partial charge in [0, 0.05) is 25.5 Å². The van der Waals surface area contributed by atoms with E-state index in [4.69, 9.17) is 14.3 Å². The Labute approximate surface area is 147 Å². The lowest BCUT2D eigenvalue weighted by Crippen LogP contribution is -2.29. The fourth-order valence-corrected chi connectivity index (χ4v) is 2.97. The molecule has 1 atom stereocenters. The first-order valence-electron chi connectivity index (χ1n) is 7.24. The number of esters is 1. The van der Waals surface area contributed by atoms with E-state index in [0.717, 1.165) is 17.2 Å². The molecule has 136 valence electrons. The Kier molecular flexibility index (Phi) is 5.71. The van der Waals surface area contributed by atoms with Crippen LogP contribution in [0.3, 0.4) is 0 Å². The molecule has 1 amide bonds. The first kappa shape index (κ1) is 19.2. The van der Waals surface area contributed by atoms with Crippen molar-refractivity contribution >= 4 is 23.1 Å². The lowest BCUT2D eigenvalue weighted by Gasteiger charge is -2.20. The van der Waals surface area contributed by atoms with Crippen molar-refractivity contribution in [3.05, 3.63) is 41.4 Å². The van der Waals surface area contributed by atoms with Crippen molar-refractivity contribution in [2.75, 3.05) is 13.4 Å². The number of hydrogen-bond acceptors (Lipinski definition) is 6. The van der Waals surface area contributed by atoms with Crippen LogP contribution in [0.2, 0.25) is 0 Å². The van der Waals surface area contributed by atoms with E-state index in [-0.39, 0.29) is 17.2 Å². The van der Waals surface area contributed by atoms with Crippen LogP contribution < -0.4 is 0 Å². The highest BCUT2D eigenvalue weighted by Gasteiger charge is 2.38. The van der Waals surface area contributed by atoms with E-state index >= 15 is 0 Å².